The highest BCUT2D eigenvalue weighted by Gasteiger charge is 2.18. The fraction of sp³-hybridized carbons (Fsp3) is 0.364. The van der Waals surface area contributed by atoms with Crippen molar-refractivity contribution in [1.29, 1.82) is 0 Å². The number of hydrogen-bond donors (Lipinski definition) is 3. The normalized spacial score (nSPS) is 15.0. The van der Waals surface area contributed by atoms with E-state index in [1.807, 2.05) is 12.1 Å². The molecule has 0 amide bonds. The average Bonchev–Trinajstić information content (AvgIpc) is 2.67. The van der Waals surface area contributed by atoms with E-state index in [1.165, 1.54) is 11.3 Å². The molecule has 1 aromatic heterocycles. The molecule has 17 heavy (non-hydrogen) atoms. The zero-order chi connectivity index (χ0) is 12.4. The maximum atomic E-state index is 9.97. The zero-order valence-electron chi connectivity index (χ0n) is 9.01. The van der Waals surface area contributed by atoms with Gasteiger partial charge in [-0.3, -0.25) is 0 Å². The first-order valence-electron chi connectivity index (χ1n) is 5.20. The number of aromatic nitrogens is 1. The number of nitrogens with two attached hydrogens (primary N) is 1. The maximum absolute atomic E-state index is 9.97. The number of halogens is 1. The first kappa shape index (κ1) is 12.8. The molecule has 1 aromatic carbocycles. The molecule has 2 rings (SSSR count). The molecule has 0 aliphatic rings. The summed E-state index contributed by atoms with van der Waals surface area (Å²) in [7, 11) is 0. The van der Waals surface area contributed by atoms with Crippen molar-refractivity contribution >= 4 is 42.6 Å². The van der Waals surface area contributed by atoms with Gasteiger partial charge in [0.2, 0.25) is 0 Å². The molecule has 0 fully saturated rings. The Kier molecular flexibility index (Phi) is 3.98. The highest BCUT2D eigenvalue weighted by atomic mass is 79.9. The summed E-state index contributed by atoms with van der Waals surface area (Å²) in [5.74, 6) is 0. The number of nitrogens with zero attached hydrogens (tertiary/aromatic N) is 1. The van der Waals surface area contributed by atoms with Gasteiger partial charge in [0.15, 0.2) is 5.13 Å². The summed E-state index contributed by atoms with van der Waals surface area (Å²) >= 11 is 4.61. The SMILES string of the molecule is Nc1nc2ccc(C(O)C(O)CCBr)cc2s1. The quantitative estimate of drug-likeness (QED) is 0.754. The molecule has 0 bridgehead atoms. The van der Waals surface area contributed by atoms with E-state index >= 15 is 0 Å². The maximum Gasteiger partial charge on any atom is 0.181 e. The largest absolute Gasteiger partial charge is 0.390 e. The monoisotopic (exact) mass is 316 g/mol. The molecule has 2 aromatic rings. The lowest BCUT2D eigenvalue weighted by atomic mass is 10.0. The molecule has 1 heterocycles. The molecule has 0 aliphatic carbocycles. The molecule has 0 aliphatic heterocycles. The highest BCUT2D eigenvalue weighted by Crippen LogP contribution is 2.28. The number of aliphatic hydroxyl groups is 2. The van der Waals surface area contributed by atoms with E-state index in [1.54, 1.807) is 6.07 Å². The third-order valence-electron chi connectivity index (χ3n) is 2.54. The Bertz CT molecular complexity index is 517. The number of alkyl halides is 1. The number of aliphatic hydroxyl groups excluding tert-OH is 2. The summed E-state index contributed by atoms with van der Waals surface area (Å²) in [6.07, 6.45) is -1.14. The van der Waals surface area contributed by atoms with Gasteiger partial charge >= 0.3 is 0 Å². The van der Waals surface area contributed by atoms with Crippen LogP contribution < -0.4 is 5.73 Å². The molecule has 2 unspecified atom stereocenters. The first-order chi connectivity index (χ1) is 8.11. The van der Waals surface area contributed by atoms with Gasteiger partial charge in [-0.05, 0) is 24.1 Å². The van der Waals surface area contributed by atoms with Crippen molar-refractivity contribution in [2.24, 2.45) is 0 Å². The van der Waals surface area contributed by atoms with Crippen LogP contribution >= 0.6 is 27.3 Å². The minimum Gasteiger partial charge on any atom is -0.390 e. The molecule has 6 heteroatoms. The van der Waals surface area contributed by atoms with Crippen LogP contribution in [0.15, 0.2) is 18.2 Å². The molecule has 0 radical (unpaired) electrons. The van der Waals surface area contributed by atoms with E-state index < -0.39 is 12.2 Å². The number of rotatable bonds is 4. The molecule has 4 nitrogen and oxygen atoms in total. The van der Waals surface area contributed by atoms with Gasteiger partial charge < -0.3 is 15.9 Å². The van der Waals surface area contributed by atoms with Gasteiger partial charge in [-0.2, -0.15) is 0 Å². The van der Waals surface area contributed by atoms with Crippen LogP contribution in [-0.4, -0.2) is 26.6 Å². The summed E-state index contributed by atoms with van der Waals surface area (Å²) in [6.45, 7) is 0. The molecule has 2 atom stereocenters. The summed E-state index contributed by atoms with van der Waals surface area (Å²) in [5.41, 5.74) is 7.12. The van der Waals surface area contributed by atoms with Gasteiger partial charge in [-0.15, -0.1) is 0 Å². The minimum absolute atomic E-state index is 0.504. The van der Waals surface area contributed by atoms with Crippen LogP contribution in [0, 0.1) is 0 Å². The van der Waals surface area contributed by atoms with Crippen molar-refractivity contribution in [3.05, 3.63) is 23.8 Å². The molecule has 0 saturated carbocycles. The van der Waals surface area contributed by atoms with Crippen molar-refractivity contribution in [2.75, 3.05) is 11.1 Å². The molecular weight excluding hydrogens is 304 g/mol. The van der Waals surface area contributed by atoms with Crippen molar-refractivity contribution in [2.45, 2.75) is 18.6 Å². The summed E-state index contributed by atoms with van der Waals surface area (Å²) in [4.78, 5) is 4.14. The van der Waals surface area contributed by atoms with E-state index in [9.17, 15) is 10.2 Å². The third-order valence-corrected chi connectivity index (χ3v) is 3.85. The van der Waals surface area contributed by atoms with Gasteiger partial charge in [0, 0.05) is 5.33 Å². The number of nitrogen functional groups attached to an aromatic ring is 1. The molecule has 4 N–H and O–H groups in total. The van der Waals surface area contributed by atoms with E-state index in [0.29, 0.717) is 22.4 Å². The summed E-state index contributed by atoms with van der Waals surface area (Å²) in [6, 6.07) is 5.40. The van der Waals surface area contributed by atoms with Gasteiger partial charge in [-0.1, -0.05) is 33.3 Å². The van der Waals surface area contributed by atoms with E-state index in [-0.39, 0.29) is 0 Å². The fourth-order valence-electron chi connectivity index (χ4n) is 1.63. The standard InChI is InChI=1S/C11H13BrN2O2S/c12-4-3-8(15)10(16)6-1-2-7-9(5-6)17-11(13)14-7/h1-2,5,8,10,15-16H,3-4H2,(H2,13,14). The van der Waals surface area contributed by atoms with Gasteiger partial charge in [0.05, 0.1) is 16.3 Å². The first-order valence-corrected chi connectivity index (χ1v) is 7.13. The Morgan fingerprint density at radius 3 is 2.88 bits per heavy atom. The third kappa shape index (κ3) is 2.77. The summed E-state index contributed by atoms with van der Waals surface area (Å²) < 4.78 is 0.921. The smallest absolute Gasteiger partial charge is 0.181 e. The van der Waals surface area contributed by atoms with Crippen molar-refractivity contribution in [3.63, 3.8) is 0 Å². The van der Waals surface area contributed by atoms with Crippen LogP contribution in [0.5, 0.6) is 0 Å². The van der Waals surface area contributed by atoms with Gasteiger partial charge in [-0.25, -0.2) is 4.98 Å². The predicted molar refractivity (Wildman–Crippen MR) is 73.4 cm³/mol. The predicted octanol–water partition coefficient (Wildman–Crippen LogP) is 2.06. The van der Waals surface area contributed by atoms with Crippen molar-refractivity contribution in [1.82, 2.24) is 4.98 Å². The van der Waals surface area contributed by atoms with Gasteiger partial charge in [0.1, 0.15) is 6.10 Å². The Balaban J connectivity index is 2.28. The Labute approximate surface area is 111 Å². The Morgan fingerprint density at radius 1 is 1.41 bits per heavy atom. The van der Waals surface area contributed by atoms with Crippen LogP contribution in [-0.2, 0) is 0 Å². The molecule has 0 spiro atoms. The van der Waals surface area contributed by atoms with E-state index in [2.05, 4.69) is 20.9 Å². The fourth-order valence-corrected chi connectivity index (χ4v) is 2.89. The second kappa shape index (κ2) is 5.30. The lowest BCUT2D eigenvalue weighted by Gasteiger charge is -2.17. The molecule has 0 saturated heterocycles. The lowest BCUT2D eigenvalue weighted by Crippen LogP contribution is -2.18. The van der Waals surface area contributed by atoms with E-state index in [0.717, 1.165) is 10.2 Å². The number of hydrogen-bond acceptors (Lipinski definition) is 5. The topological polar surface area (TPSA) is 79.4 Å². The van der Waals surface area contributed by atoms with Gasteiger partial charge in [0.25, 0.3) is 0 Å². The minimum atomic E-state index is -0.875. The van der Waals surface area contributed by atoms with Crippen LogP contribution in [0.2, 0.25) is 0 Å². The van der Waals surface area contributed by atoms with Crippen LogP contribution in [0.25, 0.3) is 10.2 Å². The van der Waals surface area contributed by atoms with Crippen LogP contribution in [0.4, 0.5) is 5.13 Å². The Hall–Kier alpha value is -0.690. The number of anilines is 1. The number of thiazole rings is 1. The summed E-state index contributed by atoms with van der Waals surface area (Å²) in [5, 5.41) is 20.9. The van der Waals surface area contributed by atoms with Crippen molar-refractivity contribution in [3.8, 4) is 0 Å². The number of benzene rings is 1. The van der Waals surface area contributed by atoms with Crippen LogP contribution in [0.1, 0.15) is 18.1 Å². The molecule has 92 valence electrons. The average molecular weight is 317 g/mol. The second-order valence-corrected chi connectivity index (χ2v) is 5.62. The van der Waals surface area contributed by atoms with Crippen LogP contribution in [0.3, 0.4) is 0 Å². The highest BCUT2D eigenvalue weighted by molar-refractivity contribution is 9.09. The Morgan fingerprint density at radius 2 is 2.18 bits per heavy atom. The van der Waals surface area contributed by atoms with Crippen molar-refractivity contribution < 1.29 is 10.2 Å². The second-order valence-electron chi connectivity index (χ2n) is 3.77. The van der Waals surface area contributed by atoms with E-state index in [4.69, 9.17) is 5.73 Å². The lowest BCUT2D eigenvalue weighted by molar-refractivity contribution is 0.0174. The number of fused-ring (bicyclic) bond motifs is 1. The molecular formula is C11H13BrN2O2S. The zero-order valence-corrected chi connectivity index (χ0v) is 11.4.